The van der Waals surface area contributed by atoms with E-state index in [0.29, 0.717) is 12.5 Å². The molecule has 1 saturated heterocycles. The highest BCUT2D eigenvalue weighted by Gasteiger charge is 2.32. The van der Waals surface area contributed by atoms with Crippen LogP contribution in [0, 0.1) is 11.8 Å². The summed E-state index contributed by atoms with van der Waals surface area (Å²) in [6, 6.07) is 8.16. The Balaban J connectivity index is 0.00000306. The molecule has 8 heteroatoms. The van der Waals surface area contributed by atoms with Gasteiger partial charge in [0.05, 0.1) is 6.54 Å². The van der Waals surface area contributed by atoms with Crippen molar-refractivity contribution in [3.05, 3.63) is 29.8 Å². The molecular weight excluding hydrogens is 529 g/mol. The van der Waals surface area contributed by atoms with Crippen LogP contribution >= 0.6 is 24.0 Å². The van der Waals surface area contributed by atoms with E-state index in [1.54, 1.807) is 0 Å². The maximum Gasteiger partial charge on any atom is 0.227 e. The summed E-state index contributed by atoms with van der Waals surface area (Å²) in [5, 5.41) is 9.87. The highest BCUT2D eigenvalue weighted by molar-refractivity contribution is 14.0. The van der Waals surface area contributed by atoms with Crippen molar-refractivity contribution < 1.29 is 9.59 Å². The summed E-state index contributed by atoms with van der Waals surface area (Å²) < 4.78 is 0. The number of carbonyl (C=O) groups is 2. The average Bonchev–Trinajstić information content (AvgIpc) is 3.43. The first-order valence-corrected chi connectivity index (χ1v) is 12.4. The lowest BCUT2D eigenvalue weighted by atomic mass is 9.85. The molecule has 0 spiro atoms. The van der Waals surface area contributed by atoms with E-state index in [1.165, 1.54) is 12.8 Å². The maximum atomic E-state index is 12.7. The molecule has 1 aromatic rings. The molecule has 0 aromatic heterocycles. The number of benzene rings is 1. The average molecular weight is 568 g/mol. The van der Waals surface area contributed by atoms with Gasteiger partial charge in [0, 0.05) is 43.2 Å². The molecule has 1 unspecified atom stereocenters. The molecule has 2 aliphatic carbocycles. The first kappa shape index (κ1) is 25.8. The summed E-state index contributed by atoms with van der Waals surface area (Å²) in [7, 11) is 0. The summed E-state index contributed by atoms with van der Waals surface area (Å²) >= 11 is 0. The van der Waals surface area contributed by atoms with Crippen LogP contribution in [0.15, 0.2) is 29.3 Å². The fourth-order valence-electron chi connectivity index (χ4n) is 4.86. The van der Waals surface area contributed by atoms with Crippen LogP contribution in [0.2, 0.25) is 0 Å². The second-order valence-corrected chi connectivity index (χ2v) is 9.41. The number of aliphatic imine (C=N–C) groups is 1. The number of amides is 2. The SMILES string of the molecule is CCNC(=NCc1cccc(NC(=O)C2CCC2)c1)NC1CCN(C(=O)C2CCCC2)C1.I. The zero-order valence-electron chi connectivity index (χ0n) is 19.6. The third-order valence-corrected chi connectivity index (χ3v) is 6.98. The number of hydrogen-bond acceptors (Lipinski definition) is 3. The number of halogens is 1. The van der Waals surface area contributed by atoms with Crippen LogP contribution in [0.5, 0.6) is 0 Å². The number of likely N-dealkylation sites (tertiary alicyclic amines) is 1. The number of nitrogens with one attached hydrogen (secondary N) is 3. The molecule has 1 aliphatic heterocycles. The van der Waals surface area contributed by atoms with Crippen molar-refractivity contribution in [1.82, 2.24) is 15.5 Å². The van der Waals surface area contributed by atoms with E-state index in [1.807, 2.05) is 29.2 Å². The third-order valence-electron chi connectivity index (χ3n) is 6.98. The molecule has 3 fully saturated rings. The molecule has 2 saturated carbocycles. The quantitative estimate of drug-likeness (QED) is 0.265. The summed E-state index contributed by atoms with van der Waals surface area (Å²) in [5.41, 5.74) is 1.89. The Morgan fingerprint density at radius 2 is 1.82 bits per heavy atom. The van der Waals surface area contributed by atoms with Crippen LogP contribution in [0.3, 0.4) is 0 Å². The van der Waals surface area contributed by atoms with Gasteiger partial charge in [-0.05, 0) is 56.7 Å². The standard InChI is InChI=1S/C25H37N5O2.HI/c1-2-26-25(29-22-13-14-30(17-22)24(32)20-8-3-4-9-20)27-16-18-7-5-12-21(15-18)28-23(31)19-10-6-11-19;/h5,7,12,15,19-20,22H,2-4,6,8-11,13-14,16-17H2,1H3,(H,28,31)(H2,26,27,29);1H. The van der Waals surface area contributed by atoms with Crippen molar-refractivity contribution in [2.75, 3.05) is 25.0 Å². The maximum absolute atomic E-state index is 12.7. The van der Waals surface area contributed by atoms with Gasteiger partial charge in [-0.15, -0.1) is 24.0 Å². The molecule has 33 heavy (non-hydrogen) atoms. The topological polar surface area (TPSA) is 85.8 Å². The van der Waals surface area contributed by atoms with Gasteiger partial charge in [-0.25, -0.2) is 4.99 Å². The van der Waals surface area contributed by atoms with E-state index in [2.05, 4.69) is 22.9 Å². The Bertz CT molecular complexity index is 836. The van der Waals surface area contributed by atoms with E-state index < -0.39 is 0 Å². The Kier molecular flexibility index (Phi) is 9.82. The lowest BCUT2D eigenvalue weighted by Gasteiger charge is -2.24. The lowest BCUT2D eigenvalue weighted by molar-refractivity contribution is -0.134. The predicted molar refractivity (Wildman–Crippen MR) is 143 cm³/mol. The van der Waals surface area contributed by atoms with Crippen LogP contribution in [-0.4, -0.2) is 48.3 Å². The summed E-state index contributed by atoms with van der Waals surface area (Å²) in [6.07, 6.45) is 8.58. The molecule has 4 rings (SSSR count). The molecule has 3 N–H and O–H groups in total. The normalized spacial score (nSPS) is 21.3. The highest BCUT2D eigenvalue weighted by Crippen LogP contribution is 2.28. The third kappa shape index (κ3) is 7.07. The first-order valence-electron chi connectivity index (χ1n) is 12.4. The van der Waals surface area contributed by atoms with Crippen LogP contribution < -0.4 is 16.0 Å². The zero-order valence-corrected chi connectivity index (χ0v) is 22.0. The Morgan fingerprint density at radius 1 is 1.06 bits per heavy atom. The molecule has 182 valence electrons. The van der Waals surface area contributed by atoms with Gasteiger partial charge < -0.3 is 20.9 Å². The molecule has 7 nitrogen and oxygen atoms in total. The van der Waals surface area contributed by atoms with Gasteiger partial charge in [0.1, 0.15) is 0 Å². The van der Waals surface area contributed by atoms with Crippen LogP contribution in [-0.2, 0) is 16.1 Å². The number of carbonyl (C=O) groups excluding carboxylic acids is 2. The van der Waals surface area contributed by atoms with Crippen LogP contribution in [0.4, 0.5) is 5.69 Å². The lowest BCUT2D eigenvalue weighted by Crippen LogP contribution is -2.45. The van der Waals surface area contributed by atoms with E-state index >= 15 is 0 Å². The fourth-order valence-corrected chi connectivity index (χ4v) is 4.86. The molecular formula is C25H38IN5O2. The minimum Gasteiger partial charge on any atom is -0.357 e. The Hall–Kier alpha value is -1.84. The van der Waals surface area contributed by atoms with Gasteiger partial charge in [-0.3, -0.25) is 9.59 Å². The molecule has 2 amide bonds. The smallest absolute Gasteiger partial charge is 0.227 e. The van der Waals surface area contributed by atoms with E-state index in [9.17, 15) is 9.59 Å². The number of hydrogen-bond donors (Lipinski definition) is 3. The molecule has 1 aromatic carbocycles. The van der Waals surface area contributed by atoms with Gasteiger partial charge in [0.2, 0.25) is 11.8 Å². The van der Waals surface area contributed by atoms with Crippen LogP contribution in [0.1, 0.15) is 63.9 Å². The van der Waals surface area contributed by atoms with Crippen molar-refractivity contribution >= 4 is 47.4 Å². The number of guanidine groups is 1. The van der Waals surface area contributed by atoms with Crippen LogP contribution in [0.25, 0.3) is 0 Å². The van der Waals surface area contributed by atoms with Gasteiger partial charge in [-0.2, -0.15) is 0 Å². The summed E-state index contributed by atoms with van der Waals surface area (Å²) in [5.74, 6) is 1.66. The first-order chi connectivity index (χ1) is 15.6. The molecule has 1 atom stereocenters. The number of anilines is 1. The molecule has 1 heterocycles. The highest BCUT2D eigenvalue weighted by atomic mass is 127. The van der Waals surface area contributed by atoms with E-state index in [4.69, 9.17) is 4.99 Å². The van der Waals surface area contributed by atoms with Gasteiger partial charge in [-0.1, -0.05) is 31.4 Å². The van der Waals surface area contributed by atoms with E-state index in [-0.39, 0.29) is 47.8 Å². The van der Waals surface area contributed by atoms with Crippen molar-refractivity contribution in [1.29, 1.82) is 0 Å². The zero-order chi connectivity index (χ0) is 22.3. The monoisotopic (exact) mass is 567 g/mol. The van der Waals surface area contributed by atoms with Gasteiger partial charge in [0.25, 0.3) is 0 Å². The second-order valence-electron chi connectivity index (χ2n) is 9.41. The van der Waals surface area contributed by atoms with Crippen molar-refractivity contribution in [2.45, 2.75) is 70.9 Å². The Labute approximate surface area is 214 Å². The molecule has 0 bridgehead atoms. The predicted octanol–water partition coefficient (Wildman–Crippen LogP) is 3.89. The summed E-state index contributed by atoms with van der Waals surface area (Å²) in [6.45, 7) is 4.94. The van der Waals surface area contributed by atoms with Crippen molar-refractivity contribution in [2.24, 2.45) is 16.8 Å². The number of rotatable bonds is 7. The molecule has 3 aliphatic rings. The summed E-state index contributed by atoms with van der Waals surface area (Å²) in [4.78, 5) is 31.7. The minimum atomic E-state index is 0. The second kappa shape index (κ2) is 12.6. The minimum absolute atomic E-state index is 0. The number of nitrogens with zero attached hydrogens (tertiary/aromatic N) is 2. The van der Waals surface area contributed by atoms with Gasteiger partial charge in [0.15, 0.2) is 5.96 Å². The van der Waals surface area contributed by atoms with Crippen molar-refractivity contribution in [3.63, 3.8) is 0 Å². The van der Waals surface area contributed by atoms with E-state index in [0.717, 1.165) is 75.4 Å². The van der Waals surface area contributed by atoms with Crippen molar-refractivity contribution in [3.8, 4) is 0 Å². The fraction of sp³-hybridized carbons (Fsp3) is 0.640. The Morgan fingerprint density at radius 3 is 2.52 bits per heavy atom. The van der Waals surface area contributed by atoms with Gasteiger partial charge >= 0.3 is 0 Å². The molecule has 0 radical (unpaired) electrons. The largest absolute Gasteiger partial charge is 0.357 e.